The number of benzene rings is 2. The van der Waals surface area contributed by atoms with Crippen LogP contribution < -0.4 is 0 Å². The lowest BCUT2D eigenvalue weighted by Crippen LogP contribution is -1.99. The zero-order valence-corrected chi connectivity index (χ0v) is 12.9. The topological polar surface area (TPSA) is 68.3 Å². The molecular formula is C19H14N2O3. The summed E-state index contributed by atoms with van der Waals surface area (Å²) in [7, 11) is 1.73. The third-order valence-electron chi connectivity index (χ3n) is 3.99. The second-order valence-corrected chi connectivity index (χ2v) is 5.54. The van der Waals surface area contributed by atoms with E-state index in [1.165, 1.54) is 0 Å². The van der Waals surface area contributed by atoms with E-state index in [-0.39, 0.29) is 5.69 Å². The van der Waals surface area contributed by atoms with Crippen molar-refractivity contribution < 1.29 is 14.3 Å². The molecule has 2 heterocycles. The van der Waals surface area contributed by atoms with Crippen LogP contribution in [0.2, 0.25) is 0 Å². The molecule has 2 aromatic heterocycles. The van der Waals surface area contributed by atoms with Gasteiger partial charge >= 0.3 is 5.97 Å². The van der Waals surface area contributed by atoms with Crippen LogP contribution in [0.1, 0.15) is 10.5 Å². The van der Waals surface area contributed by atoms with E-state index in [4.69, 9.17) is 9.52 Å². The predicted octanol–water partition coefficient (Wildman–Crippen LogP) is 4.20. The molecule has 4 rings (SSSR count). The molecule has 24 heavy (non-hydrogen) atoms. The van der Waals surface area contributed by atoms with Gasteiger partial charge in [0.2, 0.25) is 0 Å². The smallest absolute Gasteiger partial charge is 0.356 e. The van der Waals surface area contributed by atoms with Crippen molar-refractivity contribution >= 4 is 16.9 Å². The van der Waals surface area contributed by atoms with Crippen LogP contribution in [-0.2, 0) is 7.05 Å². The van der Waals surface area contributed by atoms with Crippen molar-refractivity contribution in [3.8, 4) is 22.6 Å². The first kappa shape index (κ1) is 14.3. The van der Waals surface area contributed by atoms with Gasteiger partial charge in [-0.1, -0.05) is 42.5 Å². The number of aromatic carboxylic acids is 1. The van der Waals surface area contributed by atoms with Gasteiger partial charge in [0.05, 0.1) is 5.69 Å². The van der Waals surface area contributed by atoms with Crippen LogP contribution in [0, 0.1) is 0 Å². The lowest BCUT2D eigenvalue weighted by atomic mass is 10.0. The molecule has 0 unspecified atom stereocenters. The molecule has 0 aliphatic heterocycles. The largest absolute Gasteiger partial charge is 0.476 e. The molecule has 0 aliphatic rings. The van der Waals surface area contributed by atoms with Crippen molar-refractivity contribution in [2.24, 2.45) is 7.05 Å². The summed E-state index contributed by atoms with van der Waals surface area (Å²) >= 11 is 0. The Morgan fingerprint density at radius 3 is 2.46 bits per heavy atom. The normalized spacial score (nSPS) is 11.0. The van der Waals surface area contributed by atoms with E-state index >= 15 is 0 Å². The van der Waals surface area contributed by atoms with E-state index < -0.39 is 5.97 Å². The minimum Gasteiger partial charge on any atom is -0.476 e. The highest BCUT2D eigenvalue weighted by molar-refractivity contribution is 5.90. The Morgan fingerprint density at radius 2 is 1.75 bits per heavy atom. The fraction of sp³-hybridized carbons (Fsp3) is 0.0526. The van der Waals surface area contributed by atoms with E-state index in [9.17, 15) is 4.79 Å². The van der Waals surface area contributed by atoms with Crippen LogP contribution in [0.3, 0.4) is 0 Å². The van der Waals surface area contributed by atoms with Crippen molar-refractivity contribution in [1.29, 1.82) is 0 Å². The maximum atomic E-state index is 11.2. The number of rotatable bonds is 3. The monoisotopic (exact) mass is 318 g/mol. The van der Waals surface area contributed by atoms with Crippen molar-refractivity contribution in [2.45, 2.75) is 0 Å². The van der Waals surface area contributed by atoms with Crippen molar-refractivity contribution in [2.75, 3.05) is 0 Å². The average molecular weight is 318 g/mol. The number of hydrogen-bond acceptors (Lipinski definition) is 3. The van der Waals surface area contributed by atoms with Crippen molar-refractivity contribution in [1.82, 2.24) is 9.78 Å². The second kappa shape index (κ2) is 5.38. The Labute approximate surface area is 137 Å². The molecule has 0 saturated carbocycles. The molecule has 1 N–H and O–H groups in total. The number of hydrogen-bond donors (Lipinski definition) is 1. The minimum atomic E-state index is -1.04. The highest BCUT2D eigenvalue weighted by Crippen LogP contribution is 2.35. The van der Waals surface area contributed by atoms with Gasteiger partial charge in [0.1, 0.15) is 11.3 Å². The molecule has 0 radical (unpaired) electrons. The lowest BCUT2D eigenvalue weighted by molar-refractivity contribution is 0.0689. The Kier molecular flexibility index (Phi) is 3.20. The molecule has 5 nitrogen and oxygen atoms in total. The van der Waals surface area contributed by atoms with E-state index in [1.807, 2.05) is 54.6 Å². The van der Waals surface area contributed by atoms with Crippen LogP contribution in [0.25, 0.3) is 33.6 Å². The first-order chi connectivity index (χ1) is 11.6. The van der Waals surface area contributed by atoms with Crippen molar-refractivity contribution in [3.05, 3.63) is 66.4 Å². The molecule has 0 fully saturated rings. The van der Waals surface area contributed by atoms with Gasteiger partial charge in [0.25, 0.3) is 0 Å². The summed E-state index contributed by atoms with van der Waals surface area (Å²) in [4.78, 5) is 11.2. The molecule has 0 bridgehead atoms. The first-order valence-electron chi connectivity index (χ1n) is 7.49. The molecule has 0 saturated heterocycles. The fourth-order valence-corrected chi connectivity index (χ4v) is 2.86. The highest BCUT2D eigenvalue weighted by Gasteiger charge is 2.17. The summed E-state index contributed by atoms with van der Waals surface area (Å²) < 4.78 is 7.54. The van der Waals surface area contributed by atoms with E-state index in [0.717, 1.165) is 33.6 Å². The highest BCUT2D eigenvalue weighted by atomic mass is 16.4. The summed E-state index contributed by atoms with van der Waals surface area (Å²) in [5.74, 6) is -0.303. The van der Waals surface area contributed by atoms with Gasteiger partial charge in [-0.3, -0.25) is 4.68 Å². The van der Waals surface area contributed by atoms with Gasteiger partial charge < -0.3 is 9.52 Å². The molecule has 0 amide bonds. The van der Waals surface area contributed by atoms with Crippen molar-refractivity contribution in [3.63, 3.8) is 0 Å². The maximum absolute atomic E-state index is 11.2. The predicted molar refractivity (Wildman–Crippen MR) is 90.8 cm³/mol. The van der Waals surface area contributed by atoms with Gasteiger partial charge in [-0.25, -0.2) is 4.79 Å². The van der Waals surface area contributed by atoms with Crippen LogP contribution >= 0.6 is 0 Å². The molecule has 5 heteroatoms. The minimum absolute atomic E-state index is 0.0203. The Morgan fingerprint density at radius 1 is 1.04 bits per heavy atom. The van der Waals surface area contributed by atoms with Gasteiger partial charge in [0.15, 0.2) is 5.69 Å². The van der Waals surface area contributed by atoms with Crippen LogP contribution in [0.4, 0.5) is 0 Å². The standard InChI is InChI=1S/C19H14N2O3/c1-21-16(11-15(20-21)19(22)23)13-7-3-4-8-14(13)18-10-12-6-2-5-9-17(12)24-18/h2-11H,1H3,(H,22,23). The summed E-state index contributed by atoms with van der Waals surface area (Å²) in [5.41, 5.74) is 3.33. The summed E-state index contributed by atoms with van der Waals surface area (Å²) in [6.45, 7) is 0. The zero-order valence-electron chi connectivity index (χ0n) is 12.9. The van der Waals surface area contributed by atoms with E-state index in [1.54, 1.807) is 17.8 Å². The number of fused-ring (bicyclic) bond motifs is 1. The number of carbonyl (C=O) groups is 1. The van der Waals surface area contributed by atoms with Crippen LogP contribution in [0.15, 0.2) is 65.1 Å². The third kappa shape index (κ3) is 2.27. The quantitative estimate of drug-likeness (QED) is 0.615. The SMILES string of the molecule is Cn1nc(C(=O)O)cc1-c1ccccc1-c1cc2ccccc2o1. The molecule has 0 aliphatic carbocycles. The molecule has 4 aromatic rings. The zero-order chi connectivity index (χ0) is 16.7. The number of para-hydroxylation sites is 1. The number of aryl methyl sites for hydroxylation is 1. The second-order valence-electron chi connectivity index (χ2n) is 5.54. The third-order valence-corrected chi connectivity index (χ3v) is 3.99. The average Bonchev–Trinajstić information content (AvgIpc) is 3.18. The number of carboxylic acids is 1. The Bertz CT molecular complexity index is 1030. The summed E-state index contributed by atoms with van der Waals surface area (Å²) in [5, 5.41) is 14.2. The number of furan rings is 1. The molecular weight excluding hydrogens is 304 g/mol. The van der Waals surface area contributed by atoms with E-state index in [0.29, 0.717) is 0 Å². The Balaban J connectivity index is 1.91. The summed E-state index contributed by atoms with van der Waals surface area (Å²) in [6, 6.07) is 19.1. The van der Waals surface area contributed by atoms with Gasteiger partial charge in [0, 0.05) is 23.6 Å². The van der Waals surface area contributed by atoms with Gasteiger partial charge in [-0.05, 0) is 18.2 Å². The van der Waals surface area contributed by atoms with Gasteiger partial charge in [-0.15, -0.1) is 0 Å². The molecule has 0 spiro atoms. The number of nitrogens with zero attached hydrogens (tertiary/aromatic N) is 2. The fourth-order valence-electron chi connectivity index (χ4n) is 2.86. The van der Waals surface area contributed by atoms with E-state index in [2.05, 4.69) is 5.10 Å². The van der Waals surface area contributed by atoms with Crippen LogP contribution in [-0.4, -0.2) is 20.9 Å². The Hall–Kier alpha value is -3.34. The molecule has 2 aromatic carbocycles. The lowest BCUT2D eigenvalue weighted by Gasteiger charge is -2.07. The molecule has 118 valence electrons. The van der Waals surface area contributed by atoms with Crippen LogP contribution in [0.5, 0.6) is 0 Å². The van der Waals surface area contributed by atoms with Gasteiger partial charge in [-0.2, -0.15) is 5.10 Å². The molecule has 0 atom stereocenters. The number of aromatic nitrogens is 2. The number of carboxylic acid groups (broad SMARTS) is 1. The maximum Gasteiger partial charge on any atom is 0.356 e. The first-order valence-corrected chi connectivity index (χ1v) is 7.49. The summed E-state index contributed by atoms with van der Waals surface area (Å²) in [6.07, 6.45) is 0.